The lowest BCUT2D eigenvalue weighted by molar-refractivity contribution is 0.181. The number of benzene rings is 1. The lowest BCUT2D eigenvalue weighted by Gasteiger charge is -2.35. The minimum absolute atomic E-state index is 0.151. The molecule has 0 bridgehead atoms. The molecule has 1 aliphatic rings. The maximum Gasteiger partial charge on any atom is 0.128 e. The molecule has 1 saturated heterocycles. The first-order chi connectivity index (χ1) is 7.58. The molecule has 1 heterocycles. The van der Waals surface area contributed by atoms with Gasteiger partial charge in [-0.2, -0.15) is 0 Å². The smallest absolute Gasteiger partial charge is 0.128 e. The van der Waals surface area contributed by atoms with Gasteiger partial charge in [0.1, 0.15) is 5.82 Å². The summed E-state index contributed by atoms with van der Waals surface area (Å²) in [6.45, 7) is 3.23. The zero-order valence-corrected chi connectivity index (χ0v) is 9.91. The van der Waals surface area contributed by atoms with E-state index in [2.05, 4.69) is 18.9 Å². The standard InChI is InChI=1S/C13H19FN2/c1-9-7-10(5-6-16(9)2)12-4-3-11(15)8-13(12)14/h3-4,8-10H,5-7,15H2,1-2H3. The van der Waals surface area contributed by atoms with E-state index >= 15 is 0 Å². The van der Waals surface area contributed by atoms with Gasteiger partial charge in [0.15, 0.2) is 0 Å². The molecule has 1 aromatic carbocycles. The average Bonchev–Trinajstić information content (AvgIpc) is 2.22. The molecular formula is C13H19FN2. The number of nitrogen functional groups attached to an aromatic ring is 1. The van der Waals surface area contributed by atoms with Crippen LogP contribution < -0.4 is 5.73 Å². The van der Waals surface area contributed by atoms with Gasteiger partial charge in [-0.05, 0) is 57.0 Å². The Hall–Kier alpha value is -1.09. The predicted octanol–water partition coefficient (Wildman–Crippen LogP) is 2.61. The Morgan fingerprint density at radius 2 is 2.19 bits per heavy atom. The highest BCUT2D eigenvalue weighted by Crippen LogP contribution is 2.32. The van der Waals surface area contributed by atoms with Crippen LogP contribution in [-0.4, -0.2) is 24.5 Å². The molecule has 3 heteroatoms. The van der Waals surface area contributed by atoms with Gasteiger partial charge in [0.05, 0.1) is 0 Å². The zero-order chi connectivity index (χ0) is 11.7. The van der Waals surface area contributed by atoms with E-state index in [4.69, 9.17) is 5.73 Å². The van der Waals surface area contributed by atoms with Crippen molar-refractivity contribution in [2.75, 3.05) is 19.3 Å². The molecule has 16 heavy (non-hydrogen) atoms. The molecule has 2 nitrogen and oxygen atoms in total. The molecule has 2 N–H and O–H groups in total. The van der Waals surface area contributed by atoms with Crippen LogP contribution in [0, 0.1) is 5.82 Å². The predicted molar refractivity (Wildman–Crippen MR) is 64.9 cm³/mol. The van der Waals surface area contributed by atoms with Crippen LogP contribution in [0.5, 0.6) is 0 Å². The Morgan fingerprint density at radius 1 is 1.44 bits per heavy atom. The van der Waals surface area contributed by atoms with Crippen LogP contribution in [0.4, 0.5) is 10.1 Å². The van der Waals surface area contributed by atoms with E-state index in [1.54, 1.807) is 6.07 Å². The minimum Gasteiger partial charge on any atom is -0.399 e. The maximum absolute atomic E-state index is 13.8. The molecule has 2 atom stereocenters. The average molecular weight is 222 g/mol. The van der Waals surface area contributed by atoms with Gasteiger partial charge in [-0.25, -0.2) is 4.39 Å². The normalized spacial score (nSPS) is 26.9. The molecule has 88 valence electrons. The van der Waals surface area contributed by atoms with Crippen molar-refractivity contribution in [3.8, 4) is 0 Å². The van der Waals surface area contributed by atoms with E-state index in [1.165, 1.54) is 6.07 Å². The van der Waals surface area contributed by atoms with Gasteiger partial charge < -0.3 is 10.6 Å². The van der Waals surface area contributed by atoms with Crippen molar-refractivity contribution in [2.45, 2.75) is 31.7 Å². The van der Waals surface area contributed by atoms with Crippen LogP contribution in [-0.2, 0) is 0 Å². The van der Waals surface area contributed by atoms with Crippen molar-refractivity contribution in [1.29, 1.82) is 0 Å². The van der Waals surface area contributed by atoms with Crippen molar-refractivity contribution in [2.24, 2.45) is 0 Å². The second kappa shape index (κ2) is 4.42. The second-order valence-electron chi connectivity index (χ2n) is 4.83. The van der Waals surface area contributed by atoms with Gasteiger partial charge in [-0.3, -0.25) is 0 Å². The lowest BCUT2D eigenvalue weighted by Crippen LogP contribution is -2.37. The minimum atomic E-state index is -0.151. The van der Waals surface area contributed by atoms with Gasteiger partial charge in [0, 0.05) is 11.7 Å². The number of piperidine rings is 1. The number of likely N-dealkylation sites (tertiary alicyclic amines) is 1. The molecule has 0 aromatic heterocycles. The Labute approximate surface area is 96.2 Å². The summed E-state index contributed by atoms with van der Waals surface area (Å²) < 4.78 is 13.8. The van der Waals surface area contributed by atoms with Gasteiger partial charge in [-0.1, -0.05) is 6.07 Å². The molecule has 0 spiro atoms. The maximum atomic E-state index is 13.8. The first-order valence-corrected chi connectivity index (χ1v) is 5.83. The Balaban J connectivity index is 2.18. The molecule has 0 amide bonds. The first-order valence-electron chi connectivity index (χ1n) is 5.83. The molecule has 0 saturated carbocycles. The second-order valence-corrected chi connectivity index (χ2v) is 4.83. The molecule has 1 aliphatic heterocycles. The van der Waals surface area contributed by atoms with Crippen LogP contribution in [0.3, 0.4) is 0 Å². The number of hydrogen-bond donors (Lipinski definition) is 1. The monoisotopic (exact) mass is 222 g/mol. The first kappa shape index (κ1) is 11.4. The van der Waals surface area contributed by atoms with Gasteiger partial charge in [0.25, 0.3) is 0 Å². The highest BCUT2D eigenvalue weighted by Gasteiger charge is 2.25. The molecule has 2 rings (SSSR count). The van der Waals surface area contributed by atoms with Crippen molar-refractivity contribution in [3.05, 3.63) is 29.6 Å². The molecule has 0 aliphatic carbocycles. The molecule has 1 aromatic rings. The van der Waals surface area contributed by atoms with Crippen molar-refractivity contribution >= 4 is 5.69 Å². The lowest BCUT2D eigenvalue weighted by atomic mass is 9.86. The van der Waals surface area contributed by atoms with Crippen molar-refractivity contribution in [1.82, 2.24) is 4.90 Å². The van der Waals surface area contributed by atoms with E-state index in [0.717, 1.165) is 24.9 Å². The quantitative estimate of drug-likeness (QED) is 0.740. The third kappa shape index (κ3) is 2.19. The molecule has 0 radical (unpaired) electrons. The van der Waals surface area contributed by atoms with Crippen LogP contribution >= 0.6 is 0 Å². The number of anilines is 1. The summed E-state index contributed by atoms with van der Waals surface area (Å²) in [4.78, 5) is 2.33. The fourth-order valence-electron chi connectivity index (χ4n) is 2.45. The van der Waals surface area contributed by atoms with E-state index in [0.29, 0.717) is 17.6 Å². The van der Waals surface area contributed by atoms with Gasteiger partial charge in [-0.15, -0.1) is 0 Å². The van der Waals surface area contributed by atoms with Crippen LogP contribution in [0.15, 0.2) is 18.2 Å². The van der Waals surface area contributed by atoms with Crippen molar-refractivity contribution < 1.29 is 4.39 Å². The SMILES string of the molecule is CC1CC(c2ccc(N)cc2F)CCN1C. The van der Waals surface area contributed by atoms with E-state index in [-0.39, 0.29) is 5.82 Å². The summed E-state index contributed by atoms with van der Waals surface area (Å²) in [5.74, 6) is 0.188. The van der Waals surface area contributed by atoms with Gasteiger partial charge in [0.2, 0.25) is 0 Å². The summed E-state index contributed by atoms with van der Waals surface area (Å²) in [7, 11) is 2.13. The van der Waals surface area contributed by atoms with E-state index in [1.807, 2.05) is 6.07 Å². The van der Waals surface area contributed by atoms with Crippen molar-refractivity contribution in [3.63, 3.8) is 0 Å². The third-order valence-corrected chi connectivity index (χ3v) is 3.67. The van der Waals surface area contributed by atoms with Crippen LogP contribution in [0.2, 0.25) is 0 Å². The fraction of sp³-hybridized carbons (Fsp3) is 0.538. The summed E-state index contributed by atoms with van der Waals surface area (Å²) >= 11 is 0. The largest absolute Gasteiger partial charge is 0.399 e. The Bertz CT molecular complexity index is 378. The van der Waals surface area contributed by atoms with Crippen LogP contribution in [0.25, 0.3) is 0 Å². The highest BCUT2D eigenvalue weighted by atomic mass is 19.1. The van der Waals surface area contributed by atoms with E-state index in [9.17, 15) is 4.39 Å². The number of nitrogens with two attached hydrogens (primary N) is 1. The molecule has 2 unspecified atom stereocenters. The summed E-state index contributed by atoms with van der Waals surface area (Å²) in [6, 6.07) is 5.59. The molecule has 1 fully saturated rings. The Kier molecular flexibility index (Phi) is 3.15. The summed E-state index contributed by atoms with van der Waals surface area (Å²) in [5.41, 5.74) is 6.89. The van der Waals surface area contributed by atoms with E-state index < -0.39 is 0 Å². The third-order valence-electron chi connectivity index (χ3n) is 3.67. The van der Waals surface area contributed by atoms with Gasteiger partial charge >= 0.3 is 0 Å². The number of halogens is 1. The fourth-order valence-corrected chi connectivity index (χ4v) is 2.45. The number of rotatable bonds is 1. The summed E-state index contributed by atoms with van der Waals surface area (Å²) in [5, 5.41) is 0. The number of nitrogens with zero attached hydrogens (tertiary/aromatic N) is 1. The van der Waals surface area contributed by atoms with Crippen LogP contribution in [0.1, 0.15) is 31.2 Å². The topological polar surface area (TPSA) is 29.3 Å². The Morgan fingerprint density at radius 3 is 2.81 bits per heavy atom. The zero-order valence-electron chi connectivity index (χ0n) is 9.91. The highest BCUT2D eigenvalue weighted by molar-refractivity contribution is 5.41. The molecular weight excluding hydrogens is 203 g/mol. The number of hydrogen-bond acceptors (Lipinski definition) is 2. The summed E-state index contributed by atoms with van der Waals surface area (Å²) in [6.07, 6.45) is 2.05.